The van der Waals surface area contributed by atoms with Gasteiger partial charge in [0.2, 0.25) is 0 Å². The van der Waals surface area contributed by atoms with Gasteiger partial charge in [0.05, 0.1) is 26.4 Å². The molecule has 0 saturated carbocycles. The Balaban J connectivity index is 1.31. The Morgan fingerprint density at radius 2 is 0.791 bits per heavy atom. The molecular formula is C39H42O3Si. The van der Waals surface area contributed by atoms with Gasteiger partial charge in [-0.25, -0.2) is 0 Å². The number of benzene rings is 5. The maximum absolute atomic E-state index is 6.99. The van der Waals surface area contributed by atoms with Gasteiger partial charge >= 0.3 is 0 Å². The van der Waals surface area contributed by atoms with Gasteiger partial charge in [-0.1, -0.05) is 172 Å². The van der Waals surface area contributed by atoms with Gasteiger partial charge < -0.3 is 13.9 Å². The van der Waals surface area contributed by atoms with E-state index in [0.29, 0.717) is 26.4 Å². The zero-order valence-corrected chi connectivity index (χ0v) is 26.5. The molecule has 0 amide bonds. The summed E-state index contributed by atoms with van der Waals surface area (Å²) in [6, 6.07) is 52.8. The first kappa shape index (κ1) is 30.6. The second-order valence-corrected chi connectivity index (χ2v) is 16.1. The smallest absolute Gasteiger partial charge is 0.261 e. The molecule has 5 aromatic carbocycles. The molecule has 0 saturated heterocycles. The highest BCUT2D eigenvalue weighted by molar-refractivity contribution is 6.99. The molecule has 220 valence electrons. The first-order chi connectivity index (χ1) is 21.0. The first-order valence-corrected chi connectivity index (χ1v) is 17.0. The van der Waals surface area contributed by atoms with Crippen molar-refractivity contribution in [1.29, 1.82) is 0 Å². The average Bonchev–Trinajstić information content (AvgIpc) is 3.06. The van der Waals surface area contributed by atoms with Crippen molar-refractivity contribution >= 4 is 18.7 Å². The van der Waals surface area contributed by atoms with Crippen LogP contribution in [0.2, 0.25) is 5.04 Å². The lowest BCUT2D eigenvalue weighted by atomic mass is 9.80. The molecule has 0 fully saturated rings. The van der Waals surface area contributed by atoms with Crippen molar-refractivity contribution in [2.75, 3.05) is 26.4 Å². The van der Waals surface area contributed by atoms with E-state index in [4.69, 9.17) is 13.9 Å². The Morgan fingerprint density at radius 3 is 1.16 bits per heavy atom. The molecule has 43 heavy (non-hydrogen) atoms. The van der Waals surface area contributed by atoms with Crippen LogP contribution in [0.25, 0.3) is 0 Å². The summed E-state index contributed by atoms with van der Waals surface area (Å²) >= 11 is 0. The molecule has 0 bridgehead atoms. The summed E-state index contributed by atoms with van der Waals surface area (Å²) in [7, 11) is -2.59. The largest absolute Gasteiger partial charge is 0.405 e. The lowest BCUT2D eigenvalue weighted by molar-refractivity contribution is -0.0275. The summed E-state index contributed by atoms with van der Waals surface area (Å²) in [4.78, 5) is 0. The van der Waals surface area contributed by atoms with Crippen molar-refractivity contribution in [2.45, 2.75) is 31.4 Å². The van der Waals surface area contributed by atoms with Crippen LogP contribution in [0.4, 0.5) is 0 Å². The molecule has 0 radical (unpaired) electrons. The minimum Gasteiger partial charge on any atom is -0.405 e. The molecule has 0 N–H and O–H groups in total. The van der Waals surface area contributed by atoms with Crippen LogP contribution in [-0.4, -0.2) is 34.7 Å². The molecule has 0 aliphatic carbocycles. The number of rotatable bonds is 13. The molecule has 5 rings (SSSR count). The standard InChI is InChI=1S/C39H42O3Si/c1-38(2,3)43(36-25-15-7-16-26-36,37-27-17-8-18-28-37)42-32-30-40-29-31-41-39(33-19-9-4-10-20-33,34-21-11-5-12-22-34)35-23-13-6-14-24-35/h4-28H,29-32H2,1-3H3. The lowest BCUT2D eigenvalue weighted by Gasteiger charge is -2.43. The predicted molar refractivity (Wildman–Crippen MR) is 180 cm³/mol. The summed E-state index contributed by atoms with van der Waals surface area (Å²) < 4.78 is 20.1. The van der Waals surface area contributed by atoms with Gasteiger partial charge in [-0.05, 0) is 32.1 Å². The fourth-order valence-electron chi connectivity index (χ4n) is 6.14. The highest BCUT2D eigenvalue weighted by Crippen LogP contribution is 2.40. The highest BCUT2D eigenvalue weighted by atomic mass is 28.4. The Hall–Kier alpha value is -3.80. The van der Waals surface area contributed by atoms with Crippen LogP contribution in [0.15, 0.2) is 152 Å². The van der Waals surface area contributed by atoms with E-state index in [1.54, 1.807) is 0 Å². The fourth-order valence-corrected chi connectivity index (χ4v) is 10.7. The van der Waals surface area contributed by atoms with Crippen molar-refractivity contribution in [2.24, 2.45) is 0 Å². The van der Waals surface area contributed by atoms with Gasteiger partial charge in [0.15, 0.2) is 0 Å². The van der Waals surface area contributed by atoms with Crippen molar-refractivity contribution in [1.82, 2.24) is 0 Å². The van der Waals surface area contributed by atoms with Crippen molar-refractivity contribution < 1.29 is 13.9 Å². The Morgan fingerprint density at radius 1 is 0.442 bits per heavy atom. The van der Waals surface area contributed by atoms with Crippen LogP contribution in [0.3, 0.4) is 0 Å². The maximum Gasteiger partial charge on any atom is 0.261 e. The van der Waals surface area contributed by atoms with Gasteiger partial charge in [-0.2, -0.15) is 0 Å². The summed E-state index contributed by atoms with van der Waals surface area (Å²) in [5.74, 6) is 0. The molecule has 0 atom stereocenters. The van der Waals surface area contributed by atoms with Crippen molar-refractivity contribution in [3.8, 4) is 0 Å². The topological polar surface area (TPSA) is 27.7 Å². The van der Waals surface area contributed by atoms with Gasteiger partial charge in [0, 0.05) is 0 Å². The SMILES string of the molecule is CC(C)(C)[Si](OCCOCCOC(c1ccccc1)(c1ccccc1)c1ccccc1)(c1ccccc1)c1ccccc1. The van der Waals surface area contributed by atoms with E-state index in [0.717, 1.165) is 16.7 Å². The zero-order chi connectivity index (χ0) is 30.0. The molecule has 0 aromatic heterocycles. The molecule has 5 aromatic rings. The summed E-state index contributed by atoms with van der Waals surface area (Å²) in [5, 5.41) is 2.48. The quantitative estimate of drug-likeness (QED) is 0.0808. The summed E-state index contributed by atoms with van der Waals surface area (Å²) in [6.07, 6.45) is 0. The summed E-state index contributed by atoms with van der Waals surface area (Å²) in [5.41, 5.74) is 2.51. The van der Waals surface area contributed by atoms with Gasteiger partial charge in [0.25, 0.3) is 8.32 Å². The van der Waals surface area contributed by atoms with Crippen LogP contribution in [-0.2, 0) is 19.5 Å². The van der Waals surface area contributed by atoms with Crippen molar-refractivity contribution in [3.63, 3.8) is 0 Å². The summed E-state index contributed by atoms with van der Waals surface area (Å²) in [6.45, 7) is 8.77. The van der Waals surface area contributed by atoms with Gasteiger partial charge in [0.1, 0.15) is 5.60 Å². The zero-order valence-electron chi connectivity index (χ0n) is 25.5. The average molecular weight is 587 g/mol. The number of ether oxygens (including phenoxy) is 2. The van der Waals surface area contributed by atoms with Gasteiger partial charge in [-0.3, -0.25) is 0 Å². The lowest BCUT2D eigenvalue weighted by Crippen LogP contribution is -2.66. The molecule has 0 unspecified atom stereocenters. The van der Waals surface area contributed by atoms with Crippen LogP contribution >= 0.6 is 0 Å². The Bertz CT molecular complexity index is 1370. The minimum absolute atomic E-state index is 0.0700. The Kier molecular flexibility index (Phi) is 10.1. The van der Waals surface area contributed by atoms with E-state index >= 15 is 0 Å². The van der Waals surface area contributed by atoms with Crippen LogP contribution in [0.5, 0.6) is 0 Å². The monoisotopic (exact) mass is 586 g/mol. The normalized spacial score (nSPS) is 12.3. The fraction of sp³-hybridized carbons (Fsp3) is 0.231. The molecule has 3 nitrogen and oxygen atoms in total. The van der Waals surface area contributed by atoms with E-state index in [2.05, 4.69) is 154 Å². The predicted octanol–water partition coefficient (Wildman–Crippen LogP) is 7.59. The minimum atomic E-state index is -2.59. The van der Waals surface area contributed by atoms with E-state index in [9.17, 15) is 0 Å². The van der Waals surface area contributed by atoms with Crippen LogP contribution < -0.4 is 10.4 Å². The molecule has 4 heteroatoms. The molecule has 0 heterocycles. The number of hydrogen-bond acceptors (Lipinski definition) is 3. The van der Waals surface area contributed by atoms with Gasteiger partial charge in [-0.15, -0.1) is 0 Å². The maximum atomic E-state index is 6.99. The van der Waals surface area contributed by atoms with Crippen molar-refractivity contribution in [3.05, 3.63) is 168 Å². The van der Waals surface area contributed by atoms with E-state index in [1.807, 2.05) is 18.2 Å². The molecule has 0 aliphatic heterocycles. The van der Waals surface area contributed by atoms with Crippen LogP contribution in [0.1, 0.15) is 37.5 Å². The molecule has 0 spiro atoms. The Labute approximate surface area is 258 Å². The number of hydrogen-bond donors (Lipinski definition) is 0. The highest BCUT2D eigenvalue weighted by Gasteiger charge is 2.50. The van der Waals surface area contributed by atoms with E-state index in [1.165, 1.54) is 10.4 Å². The molecular weight excluding hydrogens is 545 g/mol. The second-order valence-electron chi connectivity index (χ2n) is 11.8. The molecule has 0 aliphatic rings. The first-order valence-electron chi connectivity index (χ1n) is 15.1. The third kappa shape index (κ3) is 6.58. The van der Waals surface area contributed by atoms with Crippen LogP contribution in [0, 0.1) is 0 Å². The van der Waals surface area contributed by atoms with E-state index in [-0.39, 0.29) is 5.04 Å². The van der Waals surface area contributed by atoms with E-state index < -0.39 is 13.9 Å². The third-order valence-corrected chi connectivity index (χ3v) is 13.1. The third-order valence-electron chi connectivity index (χ3n) is 8.05. The second kappa shape index (κ2) is 14.1.